The fraction of sp³-hybridized carbons (Fsp3) is 0.167. The standard InChI is InChI=1S/C30H28N4OS/c1-20-12-10-11-17-26(20)32-27(35)19-36-30-25(18-23-13-6-4-7-14-23)21(2)31-29-28(22(3)33-34(29)30)24-15-8-5-9-16-24/h4-17H,18-19H2,1-3H3,(H,32,35). The number of amides is 1. The van der Waals surface area contributed by atoms with Gasteiger partial charge in [-0.05, 0) is 43.5 Å². The van der Waals surface area contributed by atoms with Crippen LogP contribution >= 0.6 is 11.8 Å². The average Bonchev–Trinajstić information content (AvgIpc) is 3.21. The Morgan fingerprint density at radius 3 is 2.25 bits per heavy atom. The first-order chi connectivity index (χ1) is 17.5. The maximum atomic E-state index is 12.9. The Balaban J connectivity index is 1.56. The van der Waals surface area contributed by atoms with E-state index in [0.29, 0.717) is 0 Å². The van der Waals surface area contributed by atoms with Crippen LogP contribution in [0.3, 0.4) is 0 Å². The molecule has 0 spiro atoms. The summed E-state index contributed by atoms with van der Waals surface area (Å²) in [5.74, 6) is 0.226. The minimum Gasteiger partial charge on any atom is -0.325 e. The number of para-hydroxylation sites is 1. The summed E-state index contributed by atoms with van der Waals surface area (Å²) in [4.78, 5) is 18.0. The van der Waals surface area contributed by atoms with E-state index in [-0.39, 0.29) is 11.7 Å². The topological polar surface area (TPSA) is 59.3 Å². The van der Waals surface area contributed by atoms with Gasteiger partial charge in [0.2, 0.25) is 5.91 Å². The summed E-state index contributed by atoms with van der Waals surface area (Å²) < 4.78 is 1.93. The van der Waals surface area contributed by atoms with E-state index in [1.165, 1.54) is 17.3 Å². The molecule has 0 aliphatic rings. The van der Waals surface area contributed by atoms with Crippen molar-refractivity contribution < 1.29 is 4.79 Å². The molecule has 0 aliphatic heterocycles. The molecular weight excluding hydrogens is 464 g/mol. The van der Waals surface area contributed by atoms with Crippen molar-refractivity contribution in [3.8, 4) is 11.1 Å². The van der Waals surface area contributed by atoms with Gasteiger partial charge in [-0.2, -0.15) is 5.10 Å². The van der Waals surface area contributed by atoms with Crippen LogP contribution in [-0.4, -0.2) is 26.3 Å². The number of rotatable bonds is 7. The van der Waals surface area contributed by atoms with Gasteiger partial charge < -0.3 is 5.32 Å². The zero-order chi connectivity index (χ0) is 25.1. The highest BCUT2D eigenvalue weighted by molar-refractivity contribution is 8.00. The smallest absolute Gasteiger partial charge is 0.234 e. The van der Waals surface area contributed by atoms with Gasteiger partial charge in [0.25, 0.3) is 0 Å². The van der Waals surface area contributed by atoms with E-state index in [1.807, 2.05) is 86.0 Å². The van der Waals surface area contributed by atoms with Crippen LogP contribution in [0.1, 0.15) is 28.1 Å². The number of nitrogens with one attached hydrogen (secondary N) is 1. The van der Waals surface area contributed by atoms with E-state index in [0.717, 1.165) is 56.4 Å². The van der Waals surface area contributed by atoms with Gasteiger partial charge in [0.05, 0.1) is 11.4 Å². The first kappa shape index (κ1) is 23.8. The highest BCUT2D eigenvalue weighted by Gasteiger charge is 2.21. The minimum absolute atomic E-state index is 0.0465. The van der Waals surface area contributed by atoms with Crippen molar-refractivity contribution in [1.82, 2.24) is 14.6 Å². The molecule has 1 amide bonds. The number of aromatic nitrogens is 3. The Morgan fingerprint density at radius 1 is 0.861 bits per heavy atom. The molecule has 0 saturated carbocycles. The zero-order valence-corrected chi connectivity index (χ0v) is 21.5. The maximum Gasteiger partial charge on any atom is 0.234 e. The molecule has 0 fully saturated rings. The zero-order valence-electron chi connectivity index (χ0n) is 20.7. The third-order valence-electron chi connectivity index (χ3n) is 6.24. The molecule has 5 aromatic rings. The number of aryl methyl sites for hydroxylation is 3. The number of fused-ring (bicyclic) bond motifs is 1. The molecule has 0 atom stereocenters. The first-order valence-corrected chi connectivity index (χ1v) is 13.0. The second kappa shape index (κ2) is 10.4. The summed E-state index contributed by atoms with van der Waals surface area (Å²) in [6.45, 7) is 6.06. The Kier molecular flexibility index (Phi) is 6.87. The fourth-order valence-electron chi connectivity index (χ4n) is 4.40. The van der Waals surface area contributed by atoms with Crippen molar-refractivity contribution >= 4 is 29.0 Å². The lowest BCUT2D eigenvalue weighted by atomic mass is 10.0. The molecule has 180 valence electrons. The number of nitrogens with zero attached hydrogens (tertiary/aromatic N) is 3. The summed E-state index contributed by atoms with van der Waals surface area (Å²) in [6, 6.07) is 28.4. The molecule has 0 unspecified atom stereocenters. The number of carbonyl (C=O) groups excluding carboxylic acids is 1. The van der Waals surface area contributed by atoms with Crippen LogP contribution < -0.4 is 5.32 Å². The third kappa shape index (κ3) is 4.90. The Labute approximate surface area is 215 Å². The molecule has 3 aromatic carbocycles. The van der Waals surface area contributed by atoms with Gasteiger partial charge in [0, 0.05) is 28.9 Å². The molecule has 0 saturated heterocycles. The summed E-state index contributed by atoms with van der Waals surface area (Å²) in [6.07, 6.45) is 0.719. The molecule has 1 N–H and O–H groups in total. The minimum atomic E-state index is -0.0465. The molecule has 6 heteroatoms. The van der Waals surface area contributed by atoms with Crippen molar-refractivity contribution in [2.45, 2.75) is 32.2 Å². The summed E-state index contributed by atoms with van der Waals surface area (Å²) in [5, 5.41) is 8.91. The predicted molar refractivity (Wildman–Crippen MR) is 148 cm³/mol. The second-order valence-corrected chi connectivity index (χ2v) is 9.82. The lowest BCUT2D eigenvalue weighted by Crippen LogP contribution is -2.16. The maximum absolute atomic E-state index is 12.9. The van der Waals surface area contributed by atoms with Crippen LogP contribution in [0, 0.1) is 20.8 Å². The normalized spacial score (nSPS) is 11.1. The van der Waals surface area contributed by atoms with Gasteiger partial charge in [0.1, 0.15) is 5.03 Å². The van der Waals surface area contributed by atoms with Crippen molar-refractivity contribution in [2.75, 3.05) is 11.1 Å². The number of anilines is 1. The van der Waals surface area contributed by atoms with Gasteiger partial charge >= 0.3 is 0 Å². The fourth-order valence-corrected chi connectivity index (χ4v) is 5.38. The van der Waals surface area contributed by atoms with E-state index in [1.54, 1.807) is 0 Å². The molecule has 0 aliphatic carbocycles. The van der Waals surface area contributed by atoms with E-state index < -0.39 is 0 Å². The van der Waals surface area contributed by atoms with Crippen molar-refractivity contribution in [3.63, 3.8) is 0 Å². The van der Waals surface area contributed by atoms with Gasteiger partial charge in [-0.1, -0.05) is 90.6 Å². The largest absolute Gasteiger partial charge is 0.325 e. The van der Waals surface area contributed by atoms with Gasteiger partial charge in [-0.15, -0.1) is 0 Å². The lowest BCUT2D eigenvalue weighted by Gasteiger charge is -2.15. The van der Waals surface area contributed by atoms with Crippen LogP contribution in [0.25, 0.3) is 16.8 Å². The average molecular weight is 493 g/mol. The molecule has 2 aromatic heterocycles. The SMILES string of the molecule is Cc1ccccc1NC(=O)CSc1c(Cc2ccccc2)c(C)nc2c(-c3ccccc3)c(C)nn12. The highest BCUT2D eigenvalue weighted by Crippen LogP contribution is 2.34. The quantitative estimate of drug-likeness (QED) is 0.204. The summed E-state index contributed by atoms with van der Waals surface area (Å²) in [5.41, 5.74) is 8.95. The van der Waals surface area contributed by atoms with Crippen LogP contribution in [-0.2, 0) is 11.2 Å². The number of hydrogen-bond acceptors (Lipinski definition) is 4. The van der Waals surface area contributed by atoms with E-state index in [2.05, 4.69) is 29.6 Å². The molecule has 2 heterocycles. The first-order valence-electron chi connectivity index (χ1n) is 12.0. The Morgan fingerprint density at radius 2 is 1.53 bits per heavy atom. The molecule has 36 heavy (non-hydrogen) atoms. The predicted octanol–water partition coefficient (Wildman–Crippen LogP) is 6.64. The number of hydrogen-bond donors (Lipinski definition) is 1. The van der Waals surface area contributed by atoms with Crippen LogP contribution in [0.2, 0.25) is 0 Å². The lowest BCUT2D eigenvalue weighted by molar-refractivity contribution is -0.113. The van der Waals surface area contributed by atoms with Gasteiger partial charge in [0.15, 0.2) is 5.65 Å². The highest BCUT2D eigenvalue weighted by atomic mass is 32.2. The molecule has 0 radical (unpaired) electrons. The number of benzene rings is 3. The van der Waals surface area contributed by atoms with E-state index in [4.69, 9.17) is 10.1 Å². The summed E-state index contributed by atoms with van der Waals surface area (Å²) in [7, 11) is 0. The number of thioether (sulfide) groups is 1. The molecule has 5 rings (SSSR count). The second-order valence-electron chi connectivity index (χ2n) is 8.86. The van der Waals surface area contributed by atoms with Crippen molar-refractivity contribution in [2.24, 2.45) is 0 Å². The van der Waals surface area contributed by atoms with Crippen LogP contribution in [0.4, 0.5) is 5.69 Å². The molecular formula is C30H28N4OS. The van der Waals surface area contributed by atoms with Gasteiger partial charge in [-0.3, -0.25) is 4.79 Å². The third-order valence-corrected chi connectivity index (χ3v) is 7.34. The Bertz CT molecular complexity index is 1530. The number of carbonyl (C=O) groups is 1. The molecule has 0 bridgehead atoms. The van der Waals surface area contributed by atoms with Gasteiger partial charge in [-0.25, -0.2) is 9.50 Å². The van der Waals surface area contributed by atoms with Crippen molar-refractivity contribution in [3.05, 3.63) is 113 Å². The monoisotopic (exact) mass is 492 g/mol. The van der Waals surface area contributed by atoms with Crippen LogP contribution in [0.15, 0.2) is 90.0 Å². The van der Waals surface area contributed by atoms with E-state index >= 15 is 0 Å². The van der Waals surface area contributed by atoms with Crippen molar-refractivity contribution in [1.29, 1.82) is 0 Å². The van der Waals surface area contributed by atoms with Crippen LogP contribution in [0.5, 0.6) is 0 Å². The molecule has 5 nitrogen and oxygen atoms in total. The Hall–Kier alpha value is -3.90. The summed E-state index contributed by atoms with van der Waals surface area (Å²) >= 11 is 1.51. The van der Waals surface area contributed by atoms with E-state index in [9.17, 15) is 4.79 Å².